The topological polar surface area (TPSA) is 29.5 Å². The summed E-state index contributed by atoms with van der Waals surface area (Å²) in [7, 11) is 0. The summed E-state index contributed by atoms with van der Waals surface area (Å²) in [5, 5.41) is 0.731. The number of rotatable bonds is 0. The van der Waals surface area contributed by atoms with Crippen molar-refractivity contribution < 1.29 is 9.53 Å². The van der Waals surface area contributed by atoms with Gasteiger partial charge in [-0.2, -0.15) is 0 Å². The van der Waals surface area contributed by atoms with E-state index in [1.165, 1.54) is 0 Å². The first-order valence-electron chi connectivity index (χ1n) is 6.71. The van der Waals surface area contributed by atoms with Crippen LogP contribution in [0.5, 0.6) is 0 Å². The molecule has 0 aliphatic carbocycles. The molecule has 3 nitrogen and oxygen atoms in total. The maximum atomic E-state index is 12.2. The van der Waals surface area contributed by atoms with Crippen LogP contribution >= 0.6 is 11.6 Å². The largest absolute Gasteiger partial charge is 0.444 e. The number of benzene rings is 1. The van der Waals surface area contributed by atoms with Crippen LogP contribution in [0.1, 0.15) is 31.9 Å². The summed E-state index contributed by atoms with van der Waals surface area (Å²) in [5.41, 5.74) is 2.51. The van der Waals surface area contributed by atoms with Gasteiger partial charge in [-0.25, -0.2) is 4.79 Å². The average molecular weight is 294 g/mol. The van der Waals surface area contributed by atoms with Crippen LogP contribution in [-0.4, -0.2) is 29.7 Å². The fourth-order valence-corrected chi connectivity index (χ4v) is 2.54. The lowest BCUT2D eigenvalue weighted by Crippen LogP contribution is -2.38. The molecule has 0 saturated carbocycles. The maximum absolute atomic E-state index is 12.2. The Balaban J connectivity index is 2.19. The number of hydrogen-bond donors (Lipinski definition) is 0. The second-order valence-electron chi connectivity index (χ2n) is 6.02. The second-order valence-corrected chi connectivity index (χ2v) is 6.43. The summed E-state index contributed by atoms with van der Waals surface area (Å²) >= 11 is 6.24. The molecule has 1 aromatic carbocycles. The van der Waals surface area contributed by atoms with Gasteiger partial charge in [-0.3, -0.25) is 0 Å². The molecule has 1 aliphatic rings. The average Bonchev–Trinajstić information content (AvgIpc) is 2.48. The monoisotopic (exact) mass is 293 g/mol. The van der Waals surface area contributed by atoms with Gasteiger partial charge in [0.05, 0.1) is 0 Å². The summed E-state index contributed by atoms with van der Waals surface area (Å²) in [6, 6.07) is 5.79. The summed E-state index contributed by atoms with van der Waals surface area (Å²) < 4.78 is 5.42. The number of amides is 1. The summed E-state index contributed by atoms with van der Waals surface area (Å²) in [4.78, 5) is 13.9. The Morgan fingerprint density at radius 3 is 2.75 bits per heavy atom. The van der Waals surface area contributed by atoms with Gasteiger partial charge in [-0.15, -0.1) is 0 Å². The Bertz CT molecular complexity index is 546. The van der Waals surface area contributed by atoms with Crippen LogP contribution in [0.4, 0.5) is 4.79 Å². The van der Waals surface area contributed by atoms with E-state index in [1.54, 1.807) is 4.90 Å². The van der Waals surface area contributed by atoms with Gasteiger partial charge in [0.1, 0.15) is 5.60 Å². The number of halogens is 1. The van der Waals surface area contributed by atoms with Crippen LogP contribution < -0.4 is 0 Å². The molecule has 0 spiro atoms. The number of carbonyl (C=O) groups excluding carboxylic acids is 1. The molecule has 2 rings (SSSR count). The van der Waals surface area contributed by atoms with Gasteiger partial charge in [-0.1, -0.05) is 30.3 Å². The van der Waals surface area contributed by atoms with Crippen molar-refractivity contribution in [1.29, 1.82) is 0 Å². The maximum Gasteiger partial charge on any atom is 0.410 e. The normalized spacial score (nSPS) is 15.6. The Kier molecular flexibility index (Phi) is 4.09. The highest BCUT2D eigenvalue weighted by Crippen LogP contribution is 2.29. The van der Waals surface area contributed by atoms with E-state index < -0.39 is 5.60 Å². The molecule has 20 heavy (non-hydrogen) atoms. The van der Waals surface area contributed by atoms with E-state index in [9.17, 15) is 4.79 Å². The molecule has 0 aromatic heterocycles. The van der Waals surface area contributed by atoms with E-state index in [0.29, 0.717) is 19.5 Å². The first-order valence-corrected chi connectivity index (χ1v) is 7.09. The Hall–Kier alpha value is -1.48. The Labute approximate surface area is 125 Å². The van der Waals surface area contributed by atoms with Crippen LogP contribution in [0.15, 0.2) is 24.8 Å². The predicted molar refractivity (Wildman–Crippen MR) is 82.0 cm³/mol. The summed E-state index contributed by atoms with van der Waals surface area (Å²) in [6.45, 7) is 10.7. The van der Waals surface area contributed by atoms with Gasteiger partial charge in [0.2, 0.25) is 0 Å². The zero-order valence-corrected chi connectivity index (χ0v) is 13.0. The molecular weight excluding hydrogens is 274 g/mol. The zero-order chi connectivity index (χ0) is 14.9. The van der Waals surface area contributed by atoms with E-state index in [1.807, 2.05) is 39.0 Å². The third-order valence-corrected chi connectivity index (χ3v) is 3.52. The van der Waals surface area contributed by atoms with Crippen molar-refractivity contribution in [3.05, 3.63) is 40.9 Å². The summed E-state index contributed by atoms with van der Waals surface area (Å²) in [5.74, 6) is 0. The highest BCUT2D eigenvalue weighted by molar-refractivity contribution is 6.31. The van der Waals surface area contributed by atoms with Crippen molar-refractivity contribution in [2.75, 3.05) is 13.1 Å². The molecule has 108 valence electrons. The van der Waals surface area contributed by atoms with Gasteiger partial charge in [0.25, 0.3) is 0 Å². The van der Waals surface area contributed by atoms with Crippen molar-refractivity contribution in [1.82, 2.24) is 4.90 Å². The van der Waals surface area contributed by atoms with Crippen molar-refractivity contribution in [2.24, 2.45) is 0 Å². The standard InChI is InChI=1S/C16H20ClNO2/c1-11-10-18(15(19)20-16(2,3)4)9-8-13-12(11)6-5-7-14(13)17/h5-7H,1,8-10H2,2-4H3. The molecule has 4 heteroatoms. The summed E-state index contributed by atoms with van der Waals surface area (Å²) in [6.07, 6.45) is 0.412. The number of ether oxygens (including phenoxy) is 1. The van der Waals surface area contributed by atoms with E-state index in [2.05, 4.69) is 6.58 Å². The van der Waals surface area contributed by atoms with Gasteiger partial charge in [-0.05, 0) is 50.0 Å². The number of carbonyl (C=O) groups is 1. The number of nitrogens with zero attached hydrogens (tertiary/aromatic N) is 1. The molecule has 0 unspecified atom stereocenters. The third-order valence-electron chi connectivity index (χ3n) is 3.16. The molecular formula is C16H20ClNO2. The molecule has 0 fully saturated rings. The van der Waals surface area contributed by atoms with Crippen molar-refractivity contribution in [3.63, 3.8) is 0 Å². The minimum atomic E-state index is -0.491. The second kappa shape index (κ2) is 5.49. The van der Waals surface area contributed by atoms with E-state index in [-0.39, 0.29) is 6.09 Å². The van der Waals surface area contributed by atoms with Crippen molar-refractivity contribution >= 4 is 23.3 Å². The molecule has 1 aliphatic heterocycles. The SMILES string of the molecule is C=C1CN(C(=O)OC(C)(C)C)CCc2c(Cl)cccc21. The molecule has 0 atom stereocenters. The van der Waals surface area contributed by atoms with E-state index >= 15 is 0 Å². The fraction of sp³-hybridized carbons (Fsp3) is 0.438. The Morgan fingerprint density at radius 2 is 2.10 bits per heavy atom. The zero-order valence-electron chi connectivity index (χ0n) is 12.2. The molecule has 0 bridgehead atoms. The third kappa shape index (κ3) is 3.34. The molecule has 0 saturated heterocycles. The van der Waals surface area contributed by atoms with E-state index in [4.69, 9.17) is 16.3 Å². The van der Waals surface area contributed by atoms with Crippen LogP contribution in [0.3, 0.4) is 0 Å². The fourth-order valence-electron chi connectivity index (χ4n) is 2.27. The van der Waals surface area contributed by atoms with Gasteiger partial charge >= 0.3 is 6.09 Å². The lowest BCUT2D eigenvalue weighted by molar-refractivity contribution is 0.0280. The minimum Gasteiger partial charge on any atom is -0.444 e. The van der Waals surface area contributed by atoms with Gasteiger partial charge in [0, 0.05) is 18.1 Å². The number of hydrogen-bond acceptors (Lipinski definition) is 2. The highest BCUT2D eigenvalue weighted by atomic mass is 35.5. The lowest BCUT2D eigenvalue weighted by Gasteiger charge is -2.26. The van der Waals surface area contributed by atoms with E-state index in [0.717, 1.165) is 21.7 Å². The highest BCUT2D eigenvalue weighted by Gasteiger charge is 2.26. The number of fused-ring (bicyclic) bond motifs is 1. The van der Waals surface area contributed by atoms with Crippen molar-refractivity contribution in [3.8, 4) is 0 Å². The van der Waals surface area contributed by atoms with Crippen LogP contribution in [0.25, 0.3) is 5.57 Å². The first kappa shape index (κ1) is 14.9. The molecule has 1 aromatic rings. The smallest absolute Gasteiger partial charge is 0.410 e. The quantitative estimate of drug-likeness (QED) is 0.719. The van der Waals surface area contributed by atoms with Crippen LogP contribution in [0.2, 0.25) is 5.02 Å². The van der Waals surface area contributed by atoms with Gasteiger partial charge in [0.15, 0.2) is 0 Å². The molecule has 0 radical (unpaired) electrons. The minimum absolute atomic E-state index is 0.303. The van der Waals surface area contributed by atoms with Crippen LogP contribution in [-0.2, 0) is 11.2 Å². The lowest BCUT2D eigenvalue weighted by atomic mass is 10.0. The first-order chi connectivity index (χ1) is 9.28. The van der Waals surface area contributed by atoms with Crippen molar-refractivity contribution in [2.45, 2.75) is 32.8 Å². The molecule has 1 heterocycles. The predicted octanol–water partition coefficient (Wildman–Crippen LogP) is 4.15. The molecule has 1 amide bonds. The van der Waals surface area contributed by atoms with Gasteiger partial charge < -0.3 is 9.64 Å². The Morgan fingerprint density at radius 1 is 1.40 bits per heavy atom. The van der Waals surface area contributed by atoms with Crippen LogP contribution in [0, 0.1) is 0 Å². The molecule has 0 N–H and O–H groups in total.